The molecule has 0 bridgehead atoms. The van der Waals surface area contributed by atoms with Crippen molar-refractivity contribution in [3.05, 3.63) is 40.8 Å². The lowest BCUT2D eigenvalue weighted by Crippen LogP contribution is -2.15. The Kier molecular flexibility index (Phi) is 3.42. The summed E-state index contributed by atoms with van der Waals surface area (Å²) in [6, 6.07) is 6.32. The Morgan fingerprint density at radius 1 is 1.43 bits per heavy atom. The molecule has 7 heteroatoms. The van der Waals surface area contributed by atoms with Gasteiger partial charge in [0.2, 0.25) is 5.13 Å². The van der Waals surface area contributed by atoms with Gasteiger partial charge in [0.1, 0.15) is 16.5 Å². The number of benzene rings is 1. The first-order chi connectivity index (χ1) is 10.1. The van der Waals surface area contributed by atoms with Gasteiger partial charge in [-0.15, -0.1) is 10.2 Å². The zero-order chi connectivity index (χ0) is 15.0. The van der Waals surface area contributed by atoms with Crippen molar-refractivity contribution >= 4 is 33.3 Å². The summed E-state index contributed by atoms with van der Waals surface area (Å²) >= 11 is 1.33. The predicted molar refractivity (Wildman–Crippen MR) is 80.1 cm³/mol. The number of hydrogen-bond acceptors (Lipinski definition) is 4. The average molecular weight is 304 g/mol. The molecule has 1 N–H and O–H groups in total. The molecule has 2 heterocycles. The van der Waals surface area contributed by atoms with E-state index in [-0.39, 0.29) is 11.7 Å². The second-order valence-corrected chi connectivity index (χ2v) is 5.63. The first-order valence-corrected chi connectivity index (χ1v) is 7.29. The van der Waals surface area contributed by atoms with E-state index in [1.165, 1.54) is 17.4 Å². The van der Waals surface area contributed by atoms with Crippen LogP contribution in [-0.2, 0) is 13.5 Å². The summed E-state index contributed by atoms with van der Waals surface area (Å²) in [7, 11) is 1.73. The third-order valence-electron chi connectivity index (χ3n) is 3.26. The summed E-state index contributed by atoms with van der Waals surface area (Å²) < 4.78 is 15.4. The van der Waals surface area contributed by atoms with E-state index in [0.29, 0.717) is 21.7 Å². The van der Waals surface area contributed by atoms with E-state index in [0.717, 1.165) is 11.4 Å². The largest absolute Gasteiger partial charge is 0.340 e. The molecule has 0 radical (unpaired) electrons. The van der Waals surface area contributed by atoms with Crippen LogP contribution in [0.1, 0.15) is 22.4 Å². The molecular formula is C14H13FN4OS. The summed E-state index contributed by atoms with van der Waals surface area (Å²) in [5, 5.41) is 12.3. The Bertz CT molecular complexity index is 824. The number of hydrogen-bond donors (Lipinski definition) is 1. The molecule has 3 aromatic rings. The Morgan fingerprint density at radius 2 is 2.24 bits per heavy atom. The van der Waals surface area contributed by atoms with Crippen LogP contribution in [0.4, 0.5) is 9.52 Å². The summed E-state index contributed by atoms with van der Waals surface area (Å²) in [5.74, 6) is -0.668. The number of nitrogens with one attached hydrogen (secondary N) is 1. The first kappa shape index (κ1) is 13.7. The molecule has 0 spiro atoms. The number of rotatable bonds is 3. The monoisotopic (exact) mass is 304 g/mol. The van der Waals surface area contributed by atoms with Crippen LogP contribution >= 0.6 is 11.3 Å². The Morgan fingerprint density at radius 3 is 2.90 bits per heavy atom. The van der Waals surface area contributed by atoms with Gasteiger partial charge in [0.25, 0.3) is 5.91 Å². The van der Waals surface area contributed by atoms with Crippen LogP contribution in [0.3, 0.4) is 0 Å². The third-order valence-corrected chi connectivity index (χ3v) is 4.24. The number of carbonyl (C=O) groups is 1. The van der Waals surface area contributed by atoms with Crippen LogP contribution in [0.2, 0.25) is 0 Å². The van der Waals surface area contributed by atoms with E-state index < -0.39 is 0 Å². The summed E-state index contributed by atoms with van der Waals surface area (Å²) in [6.45, 7) is 1.97. The molecule has 0 aliphatic rings. The van der Waals surface area contributed by atoms with Crippen molar-refractivity contribution in [3.8, 4) is 0 Å². The topological polar surface area (TPSA) is 59.8 Å². The third kappa shape index (κ3) is 2.40. The summed E-state index contributed by atoms with van der Waals surface area (Å²) in [4.78, 5) is 12.3. The van der Waals surface area contributed by atoms with Gasteiger partial charge in [0.05, 0.1) is 5.52 Å². The van der Waals surface area contributed by atoms with Crippen molar-refractivity contribution in [1.29, 1.82) is 0 Å². The van der Waals surface area contributed by atoms with Gasteiger partial charge >= 0.3 is 0 Å². The highest BCUT2D eigenvalue weighted by atomic mass is 32.1. The van der Waals surface area contributed by atoms with Crippen molar-refractivity contribution in [3.63, 3.8) is 0 Å². The highest BCUT2D eigenvalue weighted by Crippen LogP contribution is 2.23. The Balaban J connectivity index is 1.94. The summed E-state index contributed by atoms with van der Waals surface area (Å²) in [6.07, 6.45) is 0.771. The molecule has 2 aromatic heterocycles. The fraction of sp³-hybridized carbons (Fsp3) is 0.214. The molecule has 108 valence electrons. The van der Waals surface area contributed by atoms with E-state index in [4.69, 9.17) is 0 Å². The zero-order valence-corrected chi connectivity index (χ0v) is 12.4. The Hall–Kier alpha value is -2.28. The number of fused-ring (bicyclic) bond motifs is 1. The lowest BCUT2D eigenvalue weighted by Gasteiger charge is -2.03. The fourth-order valence-electron chi connectivity index (χ4n) is 2.15. The highest BCUT2D eigenvalue weighted by molar-refractivity contribution is 7.15. The number of halogens is 1. The molecule has 3 rings (SSSR count). The molecule has 0 atom stereocenters. The van der Waals surface area contributed by atoms with Crippen molar-refractivity contribution in [1.82, 2.24) is 14.8 Å². The quantitative estimate of drug-likeness (QED) is 0.809. The first-order valence-electron chi connectivity index (χ1n) is 6.48. The second kappa shape index (κ2) is 5.25. The van der Waals surface area contributed by atoms with Crippen LogP contribution in [-0.4, -0.2) is 20.7 Å². The van der Waals surface area contributed by atoms with Gasteiger partial charge in [0.15, 0.2) is 0 Å². The standard InChI is InChI=1S/C14H13FN4OS/c1-3-12-17-18-14(21-12)16-13(20)11-7-8-9(15)5-4-6-10(8)19(11)2/h4-7H,3H2,1-2H3,(H,16,18,20). The molecule has 0 aliphatic carbocycles. The van der Waals surface area contributed by atoms with E-state index in [1.54, 1.807) is 29.8 Å². The normalized spacial score (nSPS) is 11.0. The van der Waals surface area contributed by atoms with Gasteiger partial charge in [-0.3, -0.25) is 10.1 Å². The van der Waals surface area contributed by atoms with E-state index >= 15 is 0 Å². The van der Waals surface area contributed by atoms with Crippen molar-refractivity contribution in [2.45, 2.75) is 13.3 Å². The van der Waals surface area contributed by atoms with Crippen LogP contribution in [0.15, 0.2) is 24.3 Å². The number of carbonyl (C=O) groups excluding carboxylic acids is 1. The lowest BCUT2D eigenvalue weighted by atomic mass is 10.2. The number of nitrogens with zero attached hydrogens (tertiary/aromatic N) is 3. The number of amides is 1. The number of aryl methyl sites for hydroxylation is 2. The van der Waals surface area contributed by atoms with Crippen LogP contribution in [0, 0.1) is 5.82 Å². The van der Waals surface area contributed by atoms with Crippen LogP contribution < -0.4 is 5.32 Å². The van der Waals surface area contributed by atoms with Crippen LogP contribution in [0.25, 0.3) is 10.9 Å². The minimum absolute atomic E-state index is 0.327. The number of aromatic nitrogens is 3. The van der Waals surface area contributed by atoms with Crippen molar-refractivity contribution in [2.24, 2.45) is 7.05 Å². The maximum atomic E-state index is 13.8. The molecule has 0 aliphatic heterocycles. The van der Waals surface area contributed by atoms with E-state index in [1.807, 2.05) is 6.92 Å². The van der Waals surface area contributed by atoms with Gasteiger partial charge < -0.3 is 4.57 Å². The molecule has 1 amide bonds. The molecule has 0 fully saturated rings. The van der Waals surface area contributed by atoms with Gasteiger partial charge in [-0.25, -0.2) is 4.39 Å². The second-order valence-electron chi connectivity index (χ2n) is 4.57. The van der Waals surface area contributed by atoms with E-state index in [2.05, 4.69) is 15.5 Å². The highest BCUT2D eigenvalue weighted by Gasteiger charge is 2.16. The molecule has 0 saturated carbocycles. The maximum Gasteiger partial charge on any atom is 0.274 e. The van der Waals surface area contributed by atoms with Gasteiger partial charge in [0, 0.05) is 12.4 Å². The lowest BCUT2D eigenvalue weighted by molar-refractivity contribution is 0.101. The van der Waals surface area contributed by atoms with Gasteiger partial charge in [-0.05, 0) is 24.6 Å². The van der Waals surface area contributed by atoms with Crippen LogP contribution in [0.5, 0.6) is 0 Å². The molecule has 21 heavy (non-hydrogen) atoms. The van der Waals surface area contributed by atoms with Gasteiger partial charge in [-0.2, -0.15) is 0 Å². The number of anilines is 1. The summed E-state index contributed by atoms with van der Waals surface area (Å²) in [5.41, 5.74) is 1.05. The fourth-order valence-corrected chi connectivity index (χ4v) is 2.82. The van der Waals surface area contributed by atoms with Crippen molar-refractivity contribution in [2.75, 3.05) is 5.32 Å². The maximum absolute atomic E-state index is 13.8. The predicted octanol–water partition coefficient (Wildman–Crippen LogP) is 2.98. The van der Waals surface area contributed by atoms with E-state index in [9.17, 15) is 9.18 Å². The minimum atomic E-state index is -0.341. The van der Waals surface area contributed by atoms with Gasteiger partial charge in [-0.1, -0.05) is 24.3 Å². The smallest absolute Gasteiger partial charge is 0.274 e. The molecule has 0 unspecified atom stereocenters. The molecule has 5 nitrogen and oxygen atoms in total. The molecule has 1 aromatic carbocycles. The van der Waals surface area contributed by atoms with Crippen molar-refractivity contribution < 1.29 is 9.18 Å². The molecular weight excluding hydrogens is 291 g/mol. The SMILES string of the molecule is CCc1nnc(NC(=O)c2cc3c(F)cccc3n2C)s1. The zero-order valence-electron chi connectivity index (χ0n) is 11.6. The Labute approximate surface area is 124 Å². The molecule has 0 saturated heterocycles. The average Bonchev–Trinajstić information content (AvgIpc) is 3.05. The minimum Gasteiger partial charge on any atom is -0.340 e.